The van der Waals surface area contributed by atoms with Crippen LogP contribution in [0.5, 0.6) is 0 Å². The minimum absolute atomic E-state index is 0.250. The van der Waals surface area contributed by atoms with Gasteiger partial charge in [-0.2, -0.15) is 0 Å². The monoisotopic (exact) mass is 243 g/mol. The Morgan fingerprint density at radius 1 is 1.29 bits per heavy atom. The quantitative estimate of drug-likeness (QED) is 0.635. The molecule has 0 unspecified atom stereocenters. The van der Waals surface area contributed by atoms with Crippen LogP contribution in [0.2, 0.25) is 0 Å². The summed E-state index contributed by atoms with van der Waals surface area (Å²) in [5.74, 6) is 0.250. The number of hydrogen-bond donors (Lipinski definition) is 1. The smallest absolute Gasteiger partial charge is 0.222 e. The number of ether oxygens (including phenoxy) is 1. The first-order chi connectivity index (χ1) is 8.27. The van der Waals surface area contributed by atoms with Crippen LogP contribution in [0.15, 0.2) is 0 Å². The second-order valence-corrected chi connectivity index (χ2v) is 4.31. The van der Waals surface area contributed by atoms with Crippen molar-refractivity contribution in [3.8, 4) is 0 Å². The van der Waals surface area contributed by atoms with E-state index in [-0.39, 0.29) is 5.91 Å². The number of carbonyl (C=O) groups is 1. The molecule has 0 atom stereocenters. The van der Waals surface area contributed by atoms with Gasteiger partial charge in [0.2, 0.25) is 5.91 Å². The van der Waals surface area contributed by atoms with Crippen molar-refractivity contribution in [1.29, 1.82) is 0 Å². The van der Waals surface area contributed by atoms with E-state index in [4.69, 9.17) is 10.5 Å². The fraction of sp³-hybridized carbons (Fsp3) is 0.917. The van der Waals surface area contributed by atoms with Crippen molar-refractivity contribution in [3.05, 3.63) is 0 Å². The molecule has 0 saturated carbocycles. The van der Waals surface area contributed by atoms with E-state index in [2.05, 4.69) is 4.90 Å². The molecule has 5 nitrogen and oxygen atoms in total. The van der Waals surface area contributed by atoms with Crippen LogP contribution in [0.25, 0.3) is 0 Å². The standard InChI is InChI=1S/C12H25N3O2/c1-2-17-11-10-14-6-8-15(9-7-14)12(16)4-3-5-13/h2-11,13H2,1H3. The molecule has 1 aliphatic heterocycles. The summed E-state index contributed by atoms with van der Waals surface area (Å²) >= 11 is 0. The first-order valence-corrected chi connectivity index (χ1v) is 6.56. The lowest BCUT2D eigenvalue weighted by Crippen LogP contribution is -2.49. The maximum atomic E-state index is 11.8. The second-order valence-electron chi connectivity index (χ2n) is 4.31. The Morgan fingerprint density at radius 3 is 2.59 bits per heavy atom. The average molecular weight is 243 g/mol. The average Bonchev–Trinajstić information content (AvgIpc) is 2.37. The zero-order valence-electron chi connectivity index (χ0n) is 10.9. The Kier molecular flexibility index (Phi) is 7.16. The van der Waals surface area contributed by atoms with Crippen LogP contribution in [0.3, 0.4) is 0 Å². The van der Waals surface area contributed by atoms with Gasteiger partial charge in [0.15, 0.2) is 0 Å². The van der Waals surface area contributed by atoms with Crippen LogP contribution >= 0.6 is 0 Å². The number of carbonyl (C=O) groups excluding carboxylic acids is 1. The van der Waals surface area contributed by atoms with E-state index >= 15 is 0 Å². The first-order valence-electron chi connectivity index (χ1n) is 6.56. The van der Waals surface area contributed by atoms with Crippen LogP contribution in [0, 0.1) is 0 Å². The van der Waals surface area contributed by atoms with Crippen molar-refractivity contribution in [1.82, 2.24) is 9.80 Å². The van der Waals surface area contributed by atoms with E-state index in [1.165, 1.54) is 0 Å². The molecule has 1 rings (SSSR count). The van der Waals surface area contributed by atoms with Crippen LogP contribution in [0.4, 0.5) is 0 Å². The van der Waals surface area contributed by atoms with Crippen LogP contribution in [-0.4, -0.2) is 68.2 Å². The summed E-state index contributed by atoms with van der Waals surface area (Å²) in [7, 11) is 0. The van der Waals surface area contributed by atoms with Gasteiger partial charge in [0.1, 0.15) is 0 Å². The highest BCUT2D eigenvalue weighted by Crippen LogP contribution is 2.04. The van der Waals surface area contributed by atoms with Gasteiger partial charge in [0.05, 0.1) is 6.61 Å². The number of nitrogens with zero attached hydrogens (tertiary/aromatic N) is 2. The van der Waals surface area contributed by atoms with Gasteiger partial charge in [-0.05, 0) is 19.9 Å². The Morgan fingerprint density at radius 2 is 2.00 bits per heavy atom. The highest BCUT2D eigenvalue weighted by Gasteiger charge is 2.19. The number of nitrogens with two attached hydrogens (primary N) is 1. The number of rotatable bonds is 7. The molecule has 0 bridgehead atoms. The maximum absolute atomic E-state index is 11.8. The van der Waals surface area contributed by atoms with Crippen molar-refractivity contribution in [2.45, 2.75) is 19.8 Å². The lowest BCUT2D eigenvalue weighted by atomic mass is 10.2. The molecule has 100 valence electrons. The molecular formula is C12H25N3O2. The molecule has 1 fully saturated rings. The summed E-state index contributed by atoms with van der Waals surface area (Å²) in [6.45, 7) is 8.75. The minimum atomic E-state index is 0.250. The molecule has 0 radical (unpaired) electrons. The second kappa shape index (κ2) is 8.44. The molecule has 1 saturated heterocycles. The highest BCUT2D eigenvalue weighted by molar-refractivity contribution is 5.76. The Hall–Kier alpha value is -0.650. The van der Waals surface area contributed by atoms with E-state index in [9.17, 15) is 4.79 Å². The summed E-state index contributed by atoms with van der Waals surface area (Å²) in [6.07, 6.45) is 1.39. The van der Waals surface area contributed by atoms with Crippen molar-refractivity contribution < 1.29 is 9.53 Å². The van der Waals surface area contributed by atoms with Gasteiger partial charge >= 0.3 is 0 Å². The van der Waals surface area contributed by atoms with Gasteiger partial charge in [0.25, 0.3) is 0 Å². The van der Waals surface area contributed by atoms with Crippen LogP contribution < -0.4 is 5.73 Å². The van der Waals surface area contributed by atoms with Crippen molar-refractivity contribution in [3.63, 3.8) is 0 Å². The fourth-order valence-electron chi connectivity index (χ4n) is 1.97. The molecular weight excluding hydrogens is 218 g/mol. The van der Waals surface area contributed by atoms with Crippen molar-refractivity contribution in [2.24, 2.45) is 5.73 Å². The summed E-state index contributed by atoms with van der Waals surface area (Å²) in [4.78, 5) is 16.1. The first kappa shape index (κ1) is 14.4. The molecule has 0 aromatic rings. The third kappa shape index (κ3) is 5.48. The summed E-state index contributed by atoms with van der Waals surface area (Å²) in [5.41, 5.74) is 5.40. The van der Waals surface area contributed by atoms with Gasteiger partial charge < -0.3 is 15.4 Å². The molecule has 0 aromatic heterocycles. The third-order valence-corrected chi connectivity index (χ3v) is 3.08. The zero-order chi connectivity index (χ0) is 12.5. The summed E-state index contributed by atoms with van der Waals surface area (Å²) in [6, 6.07) is 0. The van der Waals surface area contributed by atoms with Gasteiger partial charge in [-0.15, -0.1) is 0 Å². The molecule has 2 N–H and O–H groups in total. The molecule has 1 amide bonds. The van der Waals surface area contributed by atoms with E-state index in [0.29, 0.717) is 13.0 Å². The SMILES string of the molecule is CCOCCN1CCN(C(=O)CCCN)CC1. The maximum Gasteiger partial charge on any atom is 0.222 e. The lowest BCUT2D eigenvalue weighted by Gasteiger charge is -2.34. The predicted molar refractivity (Wildman–Crippen MR) is 67.8 cm³/mol. The van der Waals surface area contributed by atoms with E-state index in [0.717, 1.165) is 52.4 Å². The van der Waals surface area contributed by atoms with Crippen molar-refractivity contribution >= 4 is 5.91 Å². The highest BCUT2D eigenvalue weighted by atomic mass is 16.5. The Balaban J connectivity index is 2.14. The zero-order valence-corrected chi connectivity index (χ0v) is 10.9. The predicted octanol–water partition coefficient (Wildman–Crippen LogP) is -0.0940. The third-order valence-electron chi connectivity index (χ3n) is 3.08. The molecule has 0 aliphatic carbocycles. The van der Waals surface area contributed by atoms with E-state index < -0.39 is 0 Å². The lowest BCUT2D eigenvalue weighted by molar-refractivity contribution is -0.133. The summed E-state index contributed by atoms with van der Waals surface area (Å²) in [5, 5.41) is 0. The normalized spacial score (nSPS) is 17.4. The number of piperazine rings is 1. The van der Waals surface area contributed by atoms with Crippen molar-refractivity contribution in [2.75, 3.05) is 52.5 Å². The number of amides is 1. The van der Waals surface area contributed by atoms with E-state index in [1.54, 1.807) is 0 Å². The van der Waals surface area contributed by atoms with E-state index in [1.807, 2.05) is 11.8 Å². The fourth-order valence-corrected chi connectivity index (χ4v) is 1.97. The van der Waals surface area contributed by atoms with Crippen LogP contribution in [-0.2, 0) is 9.53 Å². The molecule has 1 aliphatic rings. The largest absolute Gasteiger partial charge is 0.380 e. The molecule has 0 aromatic carbocycles. The Bertz CT molecular complexity index is 216. The Labute approximate surface area is 104 Å². The van der Waals surface area contributed by atoms with Gasteiger partial charge in [-0.1, -0.05) is 0 Å². The molecule has 5 heteroatoms. The number of hydrogen-bond acceptors (Lipinski definition) is 4. The van der Waals surface area contributed by atoms with Gasteiger partial charge in [-0.3, -0.25) is 9.69 Å². The molecule has 0 spiro atoms. The van der Waals surface area contributed by atoms with Gasteiger partial charge in [0, 0.05) is 45.8 Å². The van der Waals surface area contributed by atoms with Gasteiger partial charge in [-0.25, -0.2) is 0 Å². The molecule has 1 heterocycles. The molecule has 17 heavy (non-hydrogen) atoms. The van der Waals surface area contributed by atoms with Crippen LogP contribution in [0.1, 0.15) is 19.8 Å². The minimum Gasteiger partial charge on any atom is -0.380 e. The summed E-state index contributed by atoms with van der Waals surface area (Å²) < 4.78 is 5.33. The topological polar surface area (TPSA) is 58.8 Å².